The van der Waals surface area contributed by atoms with Crippen LogP contribution in [0.4, 0.5) is 17.1 Å². The number of anilines is 3. The van der Waals surface area contributed by atoms with Gasteiger partial charge in [-0.1, -0.05) is 69.7 Å². The molecule has 1 aliphatic heterocycles. The van der Waals surface area contributed by atoms with Crippen molar-refractivity contribution in [3.63, 3.8) is 0 Å². The van der Waals surface area contributed by atoms with E-state index in [4.69, 9.17) is 9.92 Å². The molecule has 1 aliphatic rings. The summed E-state index contributed by atoms with van der Waals surface area (Å²) in [7, 11) is -2.23. The number of pyridine rings is 1. The third-order valence-electron chi connectivity index (χ3n) is 8.81. The minimum atomic E-state index is -2.23. The smallest absolute Gasteiger partial charge is 0.145 e. The van der Waals surface area contributed by atoms with E-state index in [1.54, 1.807) is 0 Å². The molecule has 0 aliphatic carbocycles. The maximum Gasteiger partial charge on any atom is 0.145 e. The summed E-state index contributed by atoms with van der Waals surface area (Å²) >= 11 is 0. The maximum absolute atomic E-state index is 4.99. The molecule has 0 spiro atoms. The number of nitrogens with zero attached hydrogens (tertiary/aromatic N) is 4. The van der Waals surface area contributed by atoms with Gasteiger partial charge < -0.3 is 4.57 Å². The fourth-order valence-corrected chi connectivity index (χ4v) is 8.36. The van der Waals surface area contributed by atoms with E-state index in [-0.39, 0.29) is 32.5 Å². The Morgan fingerprint density at radius 2 is 1.49 bits per heavy atom. The molecule has 1 N–H and O–H groups in total. The summed E-state index contributed by atoms with van der Waals surface area (Å²) in [5.41, 5.74) is 6.65. The molecule has 0 amide bonds. The fraction of sp³-hybridized carbons (Fsp3) is 0.237. The zero-order valence-electron chi connectivity index (χ0n) is 26.9. The first-order chi connectivity index (χ1) is 21.0. The average Bonchev–Trinajstić information content (AvgIpc) is 3.57. The number of aromatic nitrogens is 2. The Morgan fingerprint density at radius 1 is 0.778 bits per heavy atom. The molecule has 232 valence electrons. The van der Waals surface area contributed by atoms with Crippen LogP contribution in [0.3, 0.4) is 0 Å². The first kappa shape index (κ1) is 31.3. The molecule has 0 saturated carbocycles. The topological polar surface area (TPSA) is 37.1 Å². The molecule has 0 atom stereocenters. The first-order valence-electron chi connectivity index (χ1n) is 15.4. The van der Waals surface area contributed by atoms with Gasteiger partial charge in [0.2, 0.25) is 0 Å². The molecule has 5 nitrogen and oxygen atoms in total. The second-order valence-electron chi connectivity index (χ2n) is 13.5. The molecule has 0 saturated heterocycles. The van der Waals surface area contributed by atoms with Crippen LogP contribution in [-0.2, 0) is 26.5 Å². The van der Waals surface area contributed by atoms with E-state index in [2.05, 4.69) is 160 Å². The predicted molar refractivity (Wildman–Crippen MR) is 186 cm³/mol. The molecule has 7 heteroatoms. The van der Waals surface area contributed by atoms with Crippen molar-refractivity contribution in [3.8, 4) is 5.82 Å². The number of hydroxylamine groups is 1. The molecule has 45 heavy (non-hydrogen) atoms. The average molecular weight is 791 g/mol. The SMILES string of the molecule is CC(C)N1[OH+]N(c2[c-]c([Si](C)(C)c3[c-]c4c(cc3)c3ccccc3n4-c3cc(C(C)(C)C)ccn3)ccc2)c2ccccc21.[Pt]. The molecule has 0 fully saturated rings. The van der Waals surface area contributed by atoms with Gasteiger partial charge in [0.1, 0.15) is 17.2 Å². The van der Waals surface area contributed by atoms with Crippen LogP contribution < -0.4 is 20.5 Å². The van der Waals surface area contributed by atoms with Crippen LogP contribution in [0.1, 0.15) is 40.2 Å². The van der Waals surface area contributed by atoms with Crippen LogP contribution in [0.5, 0.6) is 0 Å². The largest absolute Gasteiger partial charge is 0.319 e. The van der Waals surface area contributed by atoms with Gasteiger partial charge in [-0.3, -0.25) is 0 Å². The van der Waals surface area contributed by atoms with Crippen LogP contribution in [0, 0.1) is 12.1 Å². The number of benzene rings is 4. The van der Waals surface area contributed by atoms with Gasteiger partial charge in [0.15, 0.2) is 0 Å². The van der Waals surface area contributed by atoms with Gasteiger partial charge in [-0.25, -0.2) is 4.98 Å². The molecule has 0 bridgehead atoms. The monoisotopic (exact) mass is 790 g/mol. The van der Waals surface area contributed by atoms with Gasteiger partial charge in [-0.05, 0) is 60.5 Å². The van der Waals surface area contributed by atoms with E-state index in [1.165, 1.54) is 26.7 Å². The summed E-state index contributed by atoms with van der Waals surface area (Å²) in [6.07, 6.45) is 1.93. The molecule has 6 aromatic rings. The van der Waals surface area contributed by atoms with Crippen molar-refractivity contribution in [2.24, 2.45) is 0 Å². The van der Waals surface area contributed by atoms with Gasteiger partial charge in [-0.15, -0.1) is 21.6 Å². The van der Waals surface area contributed by atoms with Crippen molar-refractivity contribution < 1.29 is 26.0 Å². The van der Waals surface area contributed by atoms with Crippen LogP contribution in [0.15, 0.2) is 97.2 Å². The molecule has 0 radical (unpaired) electrons. The standard InChI is InChI=1S/C38H38N4OSi.Pt/c1-26(2)41-34-17-10-11-18-35(34)42(43-41)28-13-12-14-29(24-28)44(6,7)30-19-20-32-31-15-8-9-16-33(31)40(36(32)25-30)37-23-27(21-22-39-37)38(3,4)5;/h8-23,26H,1-7H3;/q-2;/p+1. The van der Waals surface area contributed by atoms with E-state index >= 15 is 0 Å². The summed E-state index contributed by atoms with van der Waals surface area (Å²) in [6.45, 7) is 15.8. The van der Waals surface area contributed by atoms with Gasteiger partial charge in [0.25, 0.3) is 0 Å². The van der Waals surface area contributed by atoms with Gasteiger partial charge in [0, 0.05) is 38.5 Å². The Kier molecular flexibility index (Phi) is 8.05. The summed E-state index contributed by atoms with van der Waals surface area (Å²) in [4.78, 5) is 9.86. The molecular weight excluding hydrogens is 752 g/mol. The van der Waals surface area contributed by atoms with E-state index in [0.717, 1.165) is 33.9 Å². The van der Waals surface area contributed by atoms with Crippen molar-refractivity contribution in [1.82, 2.24) is 9.55 Å². The van der Waals surface area contributed by atoms with Crippen molar-refractivity contribution in [2.45, 2.75) is 59.2 Å². The normalized spacial score (nSPS) is 13.5. The van der Waals surface area contributed by atoms with Gasteiger partial charge >= 0.3 is 0 Å². The Hall–Kier alpha value is -3.70. The van der Waals surface area contributed by atoms with Crippen LogP contribution in [0.2, 0.25) is 13.1 Å². The Labute approximate surface area is 281 Å². The zero-order chi connectivity index (χ0) is 30.8. The number of hydrogen-bond acceptors (Lipinski definition) is 3. The summed E-state index contributed by atoms with van der Waals surface area (Å²) in [5.74, 6) is 0.925. The molecule has 7 rings (SSSR count). The van der Waals surface area contributed by atoms with E-state index in [0.29, 0.717) is 0 Å². The van der Waals surface area contributed by atoms with Gasteiger partial charge in [-0.2, -0.15) is 51.7 Å². The predicted octanol–water partition coefficient (Wildman–Crippen LogP) is 8.10. The Bertz CT molecular complexity index is 2030. The quantitative estimate of drug-likeness (QED) is 0.101. The summed E-state index contributed by atoms with van der Waals surface area (Å²) in [6, 6.07) is 40.4. The van der Waals surface area contributed by atoms with E-state index in [1.807, 2.05) is 11.3 Å². The third kappa shape index (κ3) is 5.33. The Balaban J connectivity index is 0.00000357. The van der Waals surface area contributed by atoms with Crippen molar-refractivity contribution in [1.29, 1.82) is 0 Å². The summed E-state index contributed by atoms with van der Waals surface area (Å²) in [5, 5.41) is 8.97. The second kappa shape index (κ2) is 11.6. The number of hydrogen-bond donors (Lipinski definition) is 0. The third-order valence-corrected chi connectivity index (χ3v) is 12.1. The second-order valence-corrected chi connectivity index (χ2v) is 17.9. The van der Waals surface area contributed by atoms with Crippen LogP contribution in [-0.4, -0.2) is 28.6 Å². The first-order valence-corrected chi connectivity index (χ1v) is 18.4. The van der Waals surface area contributed by atoms with Crippen molar-refractivity contribution in [2.75, 3.05) is 10.1 Å². The molecule has 4 aromatic carbocycles. The minimum absolute atomic E-state index is 0. The number of para-hydroxylation sites is 3. The zero-order valence-corrected chi connectivity index (χ0v) is 30.1. The minimum Gasteiger partial charge on any atom is -0.319 e. The Morgan fingerprint density at radius 3 is 2.24 bits per heavy atom. The number of rotatable bonds is 5. The fourth-order valence-electron chi connectivity index (χ4n) is 6.18. The molecular formula is C38H39N4OPtSi-. The van der Waals surface area contributed by atoms with Gasteiger partial charge in [0.05, 0.1) is 14.1 Å². The number of fused-ring (bicyclic) bond motifs is 4. The van der Waals surface area contributed by atoms with E-state index < -0.39 is 8.07 Å². The molecule has 2 aromatic heterocycles. The maximum atomic E-state index is 4.99. The molecule has 0 unspecified atom stereocenters. The van der Waals surface area contributed by atoms with Crippen molar-refractivity contribution >= 4 is 57.3 Å². The van der Waals surface area contributed by atoms with E-state index in [9.17, 15) is 0 Å². The van der Waals surface area contributed by atoms with Crippen molar-refractivity contribution in [3.05, 3.63) is 115 Å². The molecule has 3 heterocycles. The van der Waals surface area contributed by atoms with Crippen LogP contribution >= 0.6 is 0 Å². The van der Waals surface area contributed by atoms with Crippen LogP contribution in [0.25, 0.3) is 27.6 Å². The summed E-state index contributed by atoms with van der Waals surface area (Å²) < 4.78 is 2.29.